The van der Waals surface area contributed by atoms with E-state index in [1.165, 1.54) is 6.26 Å². The lowest BCUT2D eigenvalue weighted by Crippen LogP contribution is -2.39. The summed E-state index contributed by atoms with van der Waals surface area (Å²) >= 11 is 0. The summed E-state index contributed by atoms with van der Waals surface area (Å²) in [4.78, 5) is 15.7. The zero-order chi connectivity index (χ0) is 18.0. The van der Waals surface area contributed by atoms with Gasteiger partial charge in [-0.25, -0.2) is 8.42 Å². The summed E-state index contributed by atoms with van der Waals surface area (Å²) in [5, 5.41) is 8.85. The van der Waals surface area contributed by atoms with Gasteiger partial charge in [0.05, 0.1) is 5.75 Å². The van der Waals surface area contributed by atoms with E-state index in [1.54, 1.807) is 20.2 Å². The van der Waals surface area contributed by atoms with E-state index >= 15 is 0 Å². The lowest BCUT2D eigenvalue weighted by Gasteiger charge is -2.12. The molecule has 25 heavy (non-hydrogen) atoms. The lowest BCUT2D eigenvalue weighted by molar-refractivity contribution is 0.0963. The van der Waals surface area contributed by atoms with Crippen LogP contribution in [0.4, 0.5) is 0 Å². The zero-order valence-corrected chi connectivity index (χ0v) is 18.0. The number of hydrogen-bond acceptors (Lipinski definition) is 4. The van der Waals surface area contributed by atoms with Gasteiger partial charge in [-0.1, -0.05) is 12.1 Å². The van der Waals surface area contributed by atoms with Crippen molar-refractivity contribution in [3.8, 4) is 0 Å². The third-order valence-corrected chi connectivity index (χ3v) is 4.36. The van der Waals surface area contributed by atoms with E-state index in [1.807, 2.05) is 18.2 Å². The molecule has 0 saturated carbocycles. The molecular formula is C16H27IN4O3S. The Balaban J connectivity index is 0.00000576. The number of nitrogens with one attached hydrogen (secondary N) is 3. The van der Waals surface area contributed by atoms with Gasteiger partial charge in [-0.2, -0.15) is 0 Å². The van der Waals surface area contributed by atoms with Gasteiger partial charge in [-0.15, -0.1) is 24.0 Å². The van der Waals surface area contributed by atoms with Gasteiger partial charge in [0.1, 0.15) is 9.84 Å². The highest BCUT2D eigenvalue weighted by Crippen LogP contribution is 2.05. The van der Waals surface area contributed by atoms with Crippen molar-refractivity contribution >= 4 is 45.7 Å². The molecule has 0 radical (unpaired) electrons. The summed E-state index contributed by atoms with van der Waals surface area (Å²) in [6.07, 6.45) is 2.51. The zero-order valence-electron chi connectivity index (χ0n) is 14.8. The number of benzene rings is 1. The Morgan fingerprint density at radius 2 is 1.88 bits per heavy atom. The molecule has 0 aliphatic carbocycles. The van der Waals surface area contributed by atoms with E-state index in [9.17, 15) is 13.2 Å². The van der Waals surface area contributed by atoms with Gasteiger partial charge < -0.3 is 16.0 Å². The van der Waals surface area contributed by atoms with E-state index in [0.29, 0.717) is 31.0 Å². The SMILES string of the molecule is CN=C(NCCCS(C)(=O)=O)NCCc1cccc(C(=O)NC)c1.I. The van der Waals surface area contributed by atoms with Crippen LogP contribution in [-0.2, 0) is 16.3 Å². The van der Waals surface area contributed by atoms with Gasteiger partial charge >= 0.3 is 0 Å². The molecule has 3 N–H and O–H groups in total. The van der Waals surface area contributed by atoms with Crippen molar-refractivity contribution in [2.24, 2.45) is 4.99 Å². The Kier molecular flexibility index (Phi) is 11.4. The van der Waals surface area contributed by atoms with Crippen molar-refractivity contribution in [3.05, 3.63) is 35.4 Å². The summed E-state index contributed by atoms with van der Waals surface area (Å²) < 4.78 is 22.1. The van der Waals surface area contributed by atoms with E-state index in [0.717, 1.165) is 12.0 Å². The second-order valence-electron chi connectivity index (χ2n) is 5.44. The topological polar surface area (TPSA) is 99.7 Å². The number of halogens is 1. The highest BCUT2D eigenvalue weighted by molar-refractivity contribution is 14.0. The van der Waals surface area contributed by atoms with E-state index in [-0.39, 0.29) is 35.6 Å². The summed E-state index contributed by atoms with van der Waals surface area (Å²) in [6.45, 7) is 1.20. The van der Waals surface area contributed by atoms with Crippen molar-refractivity contribution < 1.29 is 13.2 Å². The van der Waals surface area contributed by atoms with Gasteiger partial charge in [0.2, 0.25) is 0 Å². The first-order valence-corrected chi connectivity index (χ1v) is 9.85. The number of hydrogen-bond donors (Lipinski definition) is 3. The second kappa shape index (κ2) is 12.1. The molecule has 0 atom stereocenters. The summed E-state index contributed by atoms with van der Waals surface area (Å²) in [7, 11) is 0.344. The molecule has 1 aromatic rings. The second-order valence-corrected chi connectivity index (χ2v) is 7.70. The lowest BCUT2D eigenvalue weighted by atomic mass is 10.1. The van der Waals surface area contributed by atoms with Crippen LogP contribution < -0.4 is 16.0 Å². The Bertz CT molecular complexity index is 678. The molecule has 0 saturated heterocycles. The maximum absolute atomic E-state index is 11.6. The maximum atomic E-state index is 11.6. The smallest absolute Gasteiger partial charge is 0.251 e. The van der Waals surface area contributed by atoms with E-state index in [4.69, 9.17) is 0 Å². The fourth-order valence-corrected chi connectivity index (χ4v) is 2.77. The van der Waals surface area contributed by atoms with E-state index in [2.05, 4.69) is 20.9 Å². The van der Waals surface area contributed by atoms with Crippen LogP contribution in [0.3, 0.4) is 0 Å². The molecule has 1 aromatic carbocycles. The molecule has 0 fully saturated rings. The predicted molar refractivity (Wildman–Crippen MR) is 113 cm³/mol. The Hall–Kier alpha value is -1.36. The van der Waals surface area contributed by atoms with Crippen LogP contribution in [0.5, 0.6) is 0 Å². The molecule has 9 heteroatoms. The first-order valence-electron chi connectivity index (χ1n) is 7.79. The monoisotopic (exact) mass is 482 g/mol. The van der Waals surface area contributed by atoms with Crippen LogP contribution in [0.2, 0.25) is 0 Å². The Morgan fingerprint density at radius 1 is 1.20 bits per heavy atom. The molecule has 0 spiro atoms. The average molecular weight is 482 g/mol. The van der Waals surface area contributed by atoms with Crippen molar-refractivity contribution in [1.82, 2.24) is 16.0 Å². The van der Waals surface area contributed by atoms with Crippen molar-refractivity contribution in [3.63, 3.8) is 0 Å². The molecule has 7 nitrogen and oxygen atoms in total. The van der Waals surface area contributed by atoms with Gasteiger partial charge in [0.15, 0.2) is 5.96 Å². The third kappa shape index (κ3) is 10.3. The van der Waals surface area contributed by atoms with Crippen molar-refractivity contribution in [2.75, 3.05) is 39.2 Å². The molecule has 0 unspecified atom stereocenters. The fraction of sp³-hybridized carbons (Fsp3) is 0.500. The number of guanidine groups is 1. The molecule has 0 aliphatic rings. The molecule has 1 rings (SSSR count). The van der Waals surface area contributed by atoms with Gasteiger partial charge in [0.25, 0.3) is 5.91 Å². The summed E-state index contributed by atoms with van der Waals surface area (Å²) in [6, 6.07) is 7.47. The number of aliphatic imine (C=N–C) groups is 1. The fourth-order valence-electron chi connectivity index (χ4n) is 2.10. The molecule has 1 amide bonds. The summed E-state index contributed by atoms with van der Waals surface area (Å²) in [5.41, 5.74) is 1.69. The number of rotatable bonds is 8. The summed E-state index contributed by atoms with van der Waals surface area (Å²) in [5.74, 6) is 0.683. The minimum Gasteiger partial charge on any atom is -0.356 e. The van der Waals surface area contributed by atoms with E-state index < -0.39 is 9.84 Å². The molecule has 142 valence electrons. The highest BCUT2D eigenvalue weighted by atomic mass is 127. The number of amides is 1. The first kappa shape index (κ1) is 23.6. The van der Waals surface area contributed by atoms with Crippen molar-refractivity contribution in [1.29, 1.82) is 0 Å². The molecule has 0 aliphatic heterocycles. The quantitative estimate of drug-likeness (QED) is 0.221. The number of nitrogens with zero attached hydrogens (tertiary/aromatic N) is 1. The van der Waals surface area contributed by atoms with Crippen LogP contribution in [0.25, 0.3) is 0 Å². The van der Waals surface area contributed by atoms with Crippen LogP contribution in [-0.4, -0.2) is 59.5 Å². The van der Waals surface area contributed by atoms with Crippen LogP contribution in [0, 0.1) is 0 Å². The molecule has 0 aromatic heterocycles. The number of carbonyl (C=O) groups excluding carboxylic acids is 1. The largest absolute Gasteiger partial charge is 0.356 e. The normalized spacial score (nSPS) is 11.4. The maximum Gasteiger partial charge on any atom is 0.251 e. The first-order chi connectivity index (χ1) is 11.4. The average Bonchev–Trinajstić information content (AvgIpc) is 2.55. The number of sulfone groups is 1. The molecular weight excluding hydrogens is 455 g/mol. The standard InChI is InChI=1S/C16H26N4O3S.HI/c1-17-15(21)14-7-4-6-13(12-14)8-10-20-16(18-2)19-9-5-11-24(3,22)23;/h4,6-7,12H,5,8-11H2,1-3H3,(H,17,21)(H2,18,19,20);1H. The number of carbonyl (C=O) groups is 1. The molecule has 0 bridgehead atoms. The van der Waals surface area contributed by atoms with Crippen LogP contribution >= 0.6 is 24.0 Å². The Morgan fingerprint density at radius 3 is 2.48 bits per heavy atom. The molecule has 0 heterocycles. The van der Waals surface area contributed by atoms with Gasteiger partial charge in [-0.3, -0.25) is 9.79 Å². The van der Waals surface area contributed by atoms with Crippen molar-refractivity contribution in [2.45, 2.75) is 12.8 Å². The van der Waals surface area contributed by atoms with Gasteiger partial charge in [0, 0.05) is 39.0 Å². The minimum atomic E-state index is -2.93. The van der Waals surface area contributed by atoms with Crippen LogP contribution in [0.1, 0.15) is 22.3 Å². The highest BCUT2D eigenvalue weighted by Gasteiger charge is 2.05. The minimum absolute atomic E-state index is 0. The van der Waals surface area contributed by atoms with Gasteiger partial charge in [-0.05, 0) is 30.5 Å². The van der Waals surface area contributed by atoms with Crippen LogP contribution in [0.15, 0.2) is 29.3 Å². The predicted octanol–water partition coefficient (Wildman–Crippen LogP) is 0.806. The third-order valence-electron chi connectivity index (χ3n) is 3.33. The Labute approximate surface area is 167 Å².